The molecular formula is C22H21FN6O3. The Hall–Kier alpha value is -3.43. The Morgan fingerprint density at radius 1 is 1.25 bits per heavy atom. The van der Waals surface area contributed by atoms with Crippen LogP contribution in [0.15, 0.2) is 24.7 Å². The summed E-state index contributed by atoms with van der Waals surface area (Å²) in [7, 11) is 0. The molecule has 0 unspecified atom stereocenters. The lowest BCUT2D eigenvalue weighted by Crippen LogP contribution is -2.47. The van der Waals surface area contributed by atoms with Crippen LogP contribution in [-0.2, 0) is 6.54 Å². The fourth-order valence-corrected chi connectivity index (χ4v) is 5.11. The van der Waals surface area contributed by atoms with Crippen LogP contribution in [0.2, 0.25) is 0 Å². The number of aromatic nitrogens is 4. The van der Waals surface area contributed by atoms with Crippen LogP contribution in [0.25, 0.3) is 5.65 Å². The number of anilines is 1. The monoisotopic (exact) mass is 436 g/mol. The first-order valence-electron chi connectivity index (χ1n) is 11.0. The van der Waals surface area contributed by atoms with Gasteiger partial charge in [-0.25, -0.2) is 18.9 Å². The van der Waals surface area contributed by atoms with Crippen molar-refractivity contribution in [2.75, 3.05) is 11.5 Å². The molecule has 9 nitrogen and oxygen atoms in total. The highest BCUT2D eigenvalue weighted by atomic mass is 19.1. The number of hydrogen-bond acceptors (Lipinski definition) is 7. The SMILES string of the molecule is O=C1NC2(CC2)COc2ncc(F)cc2CN2c3nc4c1cnn4cc3O[C@H]1CCC[C@H]12. The zero-order valence-electron chi connectivity index (χ0n) is 17.3. The lowest BCUT2D eigenvalue weighted by Gasteiger charge is -2.39. The van der Waals surface area contributed by atoms with Crippen LogP contribution in [0.3, 0.4) is 0 Å². The fraction of sp³-hybridized carbons (Fsp3) is 0.455. The van der Waals surface area contributed by atoms with Crippen molar-refractivity contribution in [2.45, 2.75) is 56.3 Å². The molecular weight excluding hydrogens is 415 g/mol. The van der Waals surface area contributed by atoms with Gasteiger partial charge in [0.2, 0.25) is 5.88 Å². The Kier molecular flexibility index (Phi) is 3.58. The minimum atomic E-state index is -0.456. The van der Waals surface area contributed by atoms with Crippen LogP contribution >= 0.6 is 0 Å². The minimum Gasteiger partial charge on any atom is -0.483 e. The molecule has 2 aliphatic carbocycles. The predicted octanol–water partition coefficient (Wildman–Crippen LogP) is 2.24. The summed E-state index contributed by atoms with van der Waals surface area (Å²) in [4.78, 5) is 24.3. The lowest BCUT2D eigenvalue weighted by atomic mass is 10.1. The van der Waals surface area contributed by atoms with Gasteiger partial charge >= 0.3 is 0 Å². The number of nitrogens with one attached hydrogen (secondary N) is 1. The van der Waals surface area contributed by atoms with Gasteiger partial charge in [0.15, 0.2) is 17.2 Å². The first-order chi connectivity index (χ1) is 15.6. The van der Waals surface area contributed by atoms with Gasteiger partial charge in [-0.2, -0.15) is 5.10 Å². The number of pyridine rings is 1. The molecule has 2 fully saturated rings. The number of carbonyl (C=O) groups is 1. The van der Waals surface area contributed by atoms with Crippen molar-refractivity contribution in [1.82, 2.24) is 24.9 Å². The van der Waals surface area contributed by atoms with E-state index in [0.29, 0.717) is 40.8 Å². The van der Waals surface area contributed by atoms with E-state index in [4.69, 9.17) is 14.5 Å². The van der Waals surface area contributed by atoms with E-state index in [1.807, 2.05) is 0 Å². The molecule has 4 aliphatic rings. The molecule has 3 aromatic rings. The highest BCUT2D eigenvalue weighted by molar-refractivity contribution is 6.00. The molecule has 2 aliphatic heterocycles. The number of hydrogen-bond donors (Lipinski definition) is 1. The zero-order chi connectivity index (χ0) is 21.4. The van der Waals surface area contributed by atoms with Crippen molar-refractivity contribution < 1.29 is 18.7 Å². The molecule has 7 rings (SSSR count). The van der Waals surface area contributed by atoms with Crippen LogP contribution < -0.4 is 19.7 Å². The Morgan fingerprint density at radius 3 is 3.03 bits per heavy atom. The largest absolute Gasteiger partial charge is 0.483 e. The lowest BCUT2D eigenvalue weighted by molar-refractivity contribution is 0.0913. The van der Waals surface area contributed by atoms with E-state index in [2.05, 4.69) is 20.3 Å². The van der Waals surface area contributed by atoms with Gasteiger partial charge in [-0.1, -0.05) is 0 Å². The molecule has 0 radical (unpaired) electrons. The van der Waals surface area contributed by atoms with Crippen molar-refractivity contribution in [3.8, 4) is 11.6 Å². The van der Waals surface area contributed by atoms with Crippen molar-refractivity contribution in [1.29, 1.82) is 0 Å². The Bertz CT molecular complexity index is 1270. The molecule has 5 heterocycles. The molecule has 2 bridgehead atoms. The maximum absolute atomic E-state index is 14.2. The van der Waals surface area contributed by atoms with Gasteiger partial charge in [-0.05, 0) is 38.2 Å². The van der Waals surface area contributed by atoms with Gasteiger partial charge in [0.25, 0.3) is 5.91 Å². The molecule has 0 aromatic carbocycles. The van der Waals surface area contributed by atoms with Gasteiger partial charge in [0, 0.05) is 5.56 Å². The summed E-state index contributed by atoms with van der Waals surface area (Å²) in [5.41, 5.74) is 1.08. The van der Waals surface area contributed by atoms with Crippen LogP contribution in [-0.4, -0.2) is 49.8 Å². The van der Waals surface area contributed by atoms with Crippen LogP contribution in [0, 0.1) is 5.82 Å². The third-order valence-electron chi connectivity index (χ3n) is 7.00. The first-order valence-corrected chi connectivity index (χ1v) is 11.0. The maximum Gasteiger partial charge on any atom is 0.257 e. The standard InChI is InChI=1S/C22H21FN6O3/c23-13-6-12-9-28-15-2-1-3-16(15)32-17-10-29-18(26-19(17)28)14(8-25-29)20(30)27-22(4-5-22)11-31-21(12)24-7-13/h6-8,10,15-16H,1-5,9,11H2,(H,27,30)/t15-,16+/m1/s1. The molecule has 32 heavy (non-hydrogen) atoms. The average molecular weight is 436 g/mol. The van der Waals surface area contributed by atoms with E-state index in [1.54, 1.807) is 10.7 Å². The Morgan fingerprint density at radius 2 is 2.16 bits per heavy atom. The van der Waals surface area contributed by atoms with E-state index >= 15 is 0 Å². The molecule has 0 saturated heterocycles. The van der Waals surface area contributed by atoms with E-state index in [1.165, 1.54) is 18.5 Å². The number of fused-ring (bicyclic) bond motifs is 3. The molecule has 1 N–H and O–H groups in total. The third-order valence-corrected chi connectivity index (χ3v) is 7.00. The second-order valence-corrected chi connectivity index (χ2v) is 9.18. The van der Waals surface area contributed by atoms with Crippen molar-refractivity contribution in [3.05, 3.63) is 41.6 Å². The highest BCUT2D eigenvalue weighted by Gasteiger charge is 2.46. The normalized spacial score (nSPS) is 25.2. The van der Waals surface area contributed by atoms with Gasteiger partial charge in [0.05, 0.1) is 36.7 Å². The molecule has 164 valence electrons. The number of carbonyl (C=O) groups excluding carboxylic acids is 1. The number of rotatable bonds is 0. The van der Waals surface area contributed by atoms with E-state index in [-0.39, 0.29) is 24.7 Å². The number of nitrogens with zero attached hydrogens (tertiary/aromatic N) is 5. The number of ether oxygens (including phenoxy) is 2. The molecule has 2 saturated carbocycles. The Balaban J connectivity index is 1.43. The fourth-order valence-electron chi connectivity index (χ4n) is 5.11. The topological polar surface area (TPSA) is 93.9 Å². The second kappa shape index (κ2) is 6.30. The summed E-state index contributed by atoms with van der Waals surface area (Å²) in [6.45, 7) is 0.666. The number of amides is 1. The molecule has 1 amide bonds. The molecule has 3 aromatic heterocycles. The number of halogens is 1. The second-order valence-electron chi connectivity index (χ2n) is 9.18. The summed E-state index contributed by atoms with van der Waals surface area (Å²) in [5, 5.41) is 7.44. The van der Waals surface area contributed by atoms with E-state index < -0.39 is 11.4 Å². The van der Waals surface area contributed by atoms with Gasteiger partial charge in [0.1, 0.15) is 24.1 Å². The summed E-state index contributed by atoms with van der Waals surface area (Å²) in [5.74, 6) is 0.978. The van der Waals surface area contributed by atoms with E-state index in [0.717, 1.165) is 32.1 Å². The molecule has 10 heteroatoms. The predicted molar refractivity (Wildman–Crippen MR) is 110 cm³/mol. The smallest absolute Gasteiger partial charge is 0.257 e. The summed E-state index contributed by atoms with van der Waals surface area (Å²) in [6.07, 6.45) is 9.06. The molecule has 1 spiro atoms. The van der Waals surface area contributed by atoms with Gasteiger partial charge < -0.3 is 19.7 Å². The maximum atomic E-state index is 14.2. The third kappa shape index (κ3) is 2.68. The van der Waals surface area contributed by atoms with Crippen molar-refractivity contribution >= 4 is 17.4 Å². The first kappa shape index (κ1) is 18.2. The van der Waals surface area contributed by atoms with E-state index in [9.17, 15) is 9.18 Å². The zero-order valence-corrected chi connectivity index (χ0v) is 17.3. The summed E-state index contributed by atoms with van der Waals surface area (Å²) < 4.78 is 28.1. The van der Waals surface area contributed by atoms with Crippen LogP contribution in [0.5, 0.6) is 11.6 Å². The van der Waals surface area contributed by atoms with Crippen LogP contribution in [0.1, 0.15) is 48.0 Å². The average Bonchev–Trinajstić information content (AvgIpc) is 3.17. The highest BCUT2D eigenvalue weighted by Crippen LogP contribution is 2.43. The van der Waals surface area contributed by atoms with Crippen molar-refractivity contribution in [3.63, 3.8) is 0 Å². The van der Waals surface area contributed by atoms with Crippen molar-refractivity contribution in [2.24, 2.45) is 0 Å². The van der Waals surface area contributed by atoms with Gasteiger partial charge in [-0.3, -0.25) is 4.79 Å². The quantitative estimate of drug-likeness (QED) is 0.578. The summed E-state index contributed by atoms with van der Waals surface area (Å²) in [6, 6.07) is 1.58. The minimum absolute atomic E-state index is 0.0244. The van der Waals surface area contributed by atoms with Gasteiger partial charge in [-0.15, -0.1) is 0 Å². The molecule has 2 atom stereocenters. The summed E-state index contributed by atoms with van der Waals surface area (Å²) >= 11 is 0. The van der Waals surface area contributed by atoms with Crippen LogP contribution in [0.4, 0.5) is 10.2 Å². The Labute approximate surface area is 182 Å².